The molecule has 0 unspecified atom stereocenters. The highest BCUT2D eigenvalue weighted by Gasteiger charge is 2.14. The minimum atomic E-state index is -0.413. The van der Waals surface area contributed by atoms with E-state index < -0.39 is 4.92 Å². The van der Waals surface area contributed by atoms with Crippen molar-refractivity contribution in [3.63, 3.8) is 0 Å². The number of nitrogens with one attached hydrogen (secondary N) is 1. The normalized spacial score (nSPS) is 10.0. The Morgan fingerprint density at radius 1 is 1.29 bits per heavy atom. The summed E-state index contributed by atoms with van der Waals surface area (Å²) in [4.78, 5) is 10.3. The van der Waals surface area contributed by atoms with Crippen molar-refractivity contribution in [1.29, 1.82) is 0 Å². The molecule has 5 heteroatoms. The first-order chi connectivity index (χ1) is 6.79. The van der Waals surface area contributed by atoms with Gasteiger partial charge in [0.1, 0.15) is 0 Å². The summed E-state index contributed by atoms with van der Waals surface area (Å²) in [5, 5.41) is 17.2. The average Bonchev–Trinajstić information content (AvgIpc) is 2.70. The van der Waals surface area contributed by atoms with Crippen LogP contribution in [-0.2, 0) is 0 Å². The average molecular weight is 189 g/mol. The van der Waals surface area contributed by atoms with Crippen LogP contribution in [-0.4, -0.2) is 15.1 Å². The molecule has 0 saturated heterocycles. The Labute approximate surface area is 79.5 Å². The third-order valence-electron chi connectivity index (χ3n) is 1.88. The molecule has 1 aromatic heterocycles. The largest absolute Gasteiger partial charge is 0.285 e. The van der Waals surface area contributed by atoms with Crippen molar-refractivity contribution in [3.05, 3.63) is 46.6 Å². The van der Waals surface area contributed by atoms with Crippen LogP contribution in [0.3, 0.4) is 0 Å². The number of nitrogens with zero attached hydrogens (tertiary/aromatic N) is 2. The highest BCUT2D eigenvalue weighted by Crippen LogP contribution is 2.27. The number of rotatable bonds is 2. The molecule has 0 amide bonds. The predicted octanol–water partition coefficient (Wildman–Crippen LogP) is 1.98. The first kappa shape index (κ1) is 8.43. The molecule has 5 nitrogen and oxygen atoms in total. The van der Waals surface area contributed by atoms with Crippen molar-refractivity contribution in [2.45, 2.75) is 0 Å². The lowest BCUT2D eigenvalue weighted by atomic mass is 10.1. The smallest absolute Gasteiger partial charge is 0.278 e. The molecule has 1 aromatic carbocycles. The van der Waals surface area contributed by atoms with E-state index in [0.29, 0.717) is 11.3 Å². The van der Waals surface area contributed by atoms with E-state index in [9.17, 15) is 10.1 Å². The fourth-order valence-electron chi connectivity index (χ4n) is 1.26. The molecule has 70 valence electrons. The van der Waals surface area contributed by atoms with Crippen molar-refractivity contribution >= 4 is 5.69 Å². The van der Waals surface area contributed by atoms with Crippen molar-refractivity contribution in [1.82, 2.24) is 10.2 Å². The zero-order valence-corrected chi connectivity index (χ0v) is 7.18. The van der Waals surface area contributed by atoms with E-state index >= 15 is 0 Å². The van der Waals surface area contributed by atoms with E-state index in [1.54, 1.807) is 30.5 Å². The van der Waals surface area contributed by atoms with Crippen LogP contribution in [0.15, 0.2) is 36.5 Å². The van der Waals surface area contributed by atoms with Gasteiger partial charge < -0.3 is 0 Å². The SMILES string of the molecule is O=[N+]([O-])c1ccccc1-c1cc[nH]n1. The number of nitro groups is 1. The summed E-state index contributed by atoms with van der Waals surface area (Å²) in [5.74, 6) is 0. The zero-order valence-electron chi connectivity index (χ0n) is 7.18. The summed E-state index contributed by atoms with van der Waals surface area (Å²) in [6.07, 6.45) is 1.63. The molecule has 1 heterocycles. The van der Waals surface area contributed by atoms with E-state index in [1.165, 1.54) is 6.07 Å². The summed E-state index contributed by atoms with van der Waals surface area (Å²) < 4.78 is 0. The van der Waals surface area contributed by atoms with Gasteiger partial charge in [0.2, 0.25) is 0 Å². The number of aromatic amines is 1. The van der Waals surface area contributed by atoms with Crippen molar-refractivity contribution in [2.24, 2.45) is 0 Å². The summed E-state index contributed by atoms with van der Waals surface area (Å²) in [7, 11) is 0. The van der Waals surface area contributed by atoms with Gasteiger partial charge in [0, 0.05) is 12.3 Å². The van der Waals surface area contributed by atoms with Gasteiger partial charge in [-0.3, -0.25) is 15.2 Å². The Bertz CT molecular complexity index is 451. The van der Waals surface area contributed by atoms with Crippen LogP contribution in [0.4, 0.5) is 5.69 Å². The number of hydrogen-bond acceptors (Lipinski definition) is 3. The van der Waals surface area contributed by atoms with Gasteiger partial charge in [0.25, 0.3) is 5.69 Å². The Morgan fingerprint density at radius 3 is 2.71 bits per heavy atom. The van der Waals surface area contributed by atoms with Crippen molar-refractivity contribution in [3.8, 4) is 11.3 Å². The molecule has 0 fully saturated rings. The van der Waals surface area contributed by atoms with E-state index in [1.807, 2.05) is 0 Å². The minimum absolute atomic E-state index is 0.0691. The van der Waals surface area contributed by atoms with Gasteiger partial charge >= 0.3 is 0 Å². The number of H-pyrrole nitrogens is 1. The molecule has 2 aromatic rings. The van der Waals surface area contributed by atoms with Crippen LogP contribution in [0.25, 0.3) is 11.3 Å². The molecule has 0 bridgehead atoms. The molecule has 0 spiro atoms. The van der Waals surface area contributed by atoms with Gasteiger partial charge in [-0.1, -0.05) is 12.1 Å². The van der Waals surface area contributed by atoms with Gasteiger partial charge in [-0.05, 0) is 12.1 Å². The van der Waals surface area contributed by atoms with Crippen LogP contribution < -0.4 is 0 Å². The lowest BCUT2D eigenvalue weighted by molar-refractivity contribution is -0.384. The Balaban J connectivity index is 2.58. The number of hydrogen-bond donors (Lipinski definition) is 1. The summed E-state index contributed by atoms with van der Waals surface area (Å²) in [5.41, 5.74) is 1.18. The summed E-state index contributed by atoms with van der Waals surface area (Å²) in [6.45, 7) is 0. The topological polar surface area (TPSA) is 71.8 Å². The van der Waals surface area contributed by atoms with E-state index in [-0.39, 0.29) is 5.69 Å². The molecule has 0 saturated carbocycles. The van der Waals surface area contributed by atoms with Crippen LogP contribution in [0.2, 0.25) is 0 Å². The fourth-order valence-corrected chi connectivity index (χ4v) is 1.26. The van der Waals surface area contributed by atoms with Crippen LogP contribution >= 0.6 is 0 Å². The number of aromatic nitrogens is 2. The molecule has 2 rings (SSSR count). The highest BCUT2D eigenvalue weighted by molar-refractivity contribution is 5.69. The fraction of sp³-hybridized carbons (Fsp3) is 0. The van der Waals surface area contributed by atoms with Crippen molar-refractivity contribution < 1.29 is 4.92 Å². The molecular weight excluding hydrogens is 182 g/mol. The molecule has 0 radical (unpaired) electrons. The van der Waals surface area contributed by atoms with Gasteiger partial charge in [-0.25, -0.2) is 0 Å². The predicted molar refractivity (Wildman–Crippen MR) is 50.7 cm³/mol. The van der Waals surface area contributed by atoms with E-state index in [4.69, 9.17) is 0 Å². The molecule has 0 aliphatic rings. The maximum Gasteiger partial charge on any atom is 0.278 e. The number of benzene rings is 1. The van der Waals surface area contributed by atoms with E-state index in [0.717, 1.165) is 0 Å². The Morgan fingerprint density at radius 2 is 2.07 bits per heavy atom. The first-order valence-corrected chi connectivity index (χ1v) is 4.02. The van der Waals surface area contributed by atoms with Gasteiger partial charge in [-0.15, -0.1) is 0 Å². The second kappa shape index (κ2) is 3.29. The minimum Gasteiger partial charge on any atom is -0.285 e. The lowest BCUT2D eigenvalue weighted by Crippen LogP contribution is -1.91. The molecule has 0 aliphatic heterocycles. The Hall–Kier alpha value is -2.17. The van der Waals surface area contributed by atoms with Crippen LogP contribution in [0, 0.1) is 10.1 Å². The molecule has 0 atom stereocenters. The van der Waals surface area contributed by atoms with Gasteiger partial charge in [-0.2, -0.15) is 5.10 Å². The molecule has 0 aliphatic carbocycles. The first-order valence-electron chi connectivity index (χ1n) is 4.02. The summed E-state index contributed by atoms with van der Waals surface area (Å²) >= 11 is 0. The standard InChI is InChI=1S/C9H7N3O2/c13-12(14)9-4-2-1-3-7(9)8-5-6-10-11-8/h1-6H,(H,10,11). The number of para-hydroxylation sites is 1. The molecule has 1 N–H and O–H groups in total. The van der Waals surface area contributed by atoms with Crippen LogP contribution in [0.1, 0.15) is 0 Å². The second-order valence-electron chi connectivity index (χ2n) is 2.73. The molecule has 14 heavy (non-hydrogen) atoms. The number of nitro benzene ring substituents is 1. The monoisotopic (exact) mass is 189 g/mol. The van der Waals surface area contributed by atoms with Crippen molar-refractivity contribution in [2.75, 3.05) is 0 Å². The third-order valence-corrected chi connectivity index (χ3v) is 1.88. The highest BCUT2D eigenvalue weighted by atomic mass is 16.6. The van der Waals surface area contributed by atoms with E-state index in [2.05, 4.69) is 10.2 Å². The maximum absolute atomic E-state index is 10.7. The summed E-state index contributed by atoms with van der Waals surface area (Å²) in [6, 6.07) is 8.21. The maximum atomic E-state index is 10.7. The lowest BCUT2D eigenvalue weighted by Gasteiger charge is -1.97. The third kappa shape index (κ3) is 1.35. The van der Waals surface area contributed by atoms with Crippen LogP contribution in [0.5, 0.6) is 0 Å². The van der Waals surface area contributed by atoms with Gasteiger partial charge in [0.05, 0.1) is 16.2 Å². The Kier molecular flexibility index (Phi) is 1.98. The van der Waals surface area contributed by atoms with Gasteiger partial charge in [0.15, 0.2) is 0 Å². The zero-order chi connectivity index (χ0) is 9.97. The quantitative estimate of drug-likeness (QED) is 0.580. The second-order valence-corrected chi connectivity index (χ2v) is 2.73. The molecular formula is C9H7N3O2.